The predicted molar refractivity (Wildman–Crippen MR) is 40.2 cm³/mol. The van der Waals surface area contributed by atoms with Gasteiger partial charge < -0.3 is 0 Å². The Morgan fingerprint density at radius 1 is 1.73 bits per heavy atom. The summed E-state index contributed by atoms with van der Waals surface area (Å²) in [5.74, 6) is 2.12. The Labute approximate surface area is 66.5 Å². The highest BCUT2D eigenvalue weighted by atomic mass is 32.3. The Hall–Kier alpha value is -0.570. The molecule has 0 aliphatic heterocycles. The van der Waals surface area contributed by atoms with Gasteiger partial charge in [-0.15, -0.1) is 6.42 Å². The van der Waals surface area contributed by atoms with Crippen LogP contribution < -0.4 is 0 Å². The maximum absolute atomic E-state index is 10.2. The molecule has 0 saturated heterocycles. The summed E-state index contributed by atoms with van der Waals surface area (Å²) in [6.45, 7) is 3.06. The molecule has 0 aromatic rings. The molecule has 64 valence electrons. The summed E-state index contributed by atoms with van der Waals surface area (Å²) in [7, 11) is -4.45. The molecule has 0 aliphatic rings. The third-order valence-corrected chi connectivity index (χ3v) is 1.85. The summed E-state index contributed by atoms with van der Waals surface area (Å²) in [6, 6.07) is 0. The van der Waals surface area contributed by atoms with Crippen LogP contribution in [0, 0.1) is 12.3 Å². The molecule has 0 fully saturated rings. The first-order valence-corrected chi connectivity index (χ1v) is 4.35. The van der Waals surface area contributed by atoms with Crippen molar-refractivity contribution in [2.45, 2.75) is 25.9 Å². The van der Waals surface area contributed by atoms with E-state index < -0.39 is 16.0 Å². The average Bonchev–Trinajstić information content (AvgIpc) is 1.84. The molecule has 1 atom stereocenters. The first kappa shape index (κ1) is 10.4. The van der Waals surface area contributed by atoms with Gasteiger partial charge in [0.15, 0.2) is 0 Å². The quantitative estimate of drug-likeness (QED) is 0.508. The number of terminal acetylenes is 1. The topological polar surface area (TPSA) is 63.6 Å². The zero-order valence-corrected chi connectivity index (χ0v) is 7.18. The fourth-order valence-corrected chi connectivity index (χ4v) is 1.05. The molecule has 0 aliphatic carbocycles. The van der Waals surface area contributed by atoms with Crippen LogP contribution in [0.1, 0.15) is 20.3 Å². The van der Waals surface area contributed by atoms with Gasteiger partial charge >= 0.3 is 10.4 Å². The molecule has 0 saturated carbocycles. The van der Waals surface area contributed by atoms with E-state index in [9.17, 15) is 8.42 Å². The molecule has 0 bridgehead atoms. The van der Waals surface area contributed by atoms with Crippen molar-refractivity contribution in [3.8, 4) is 12.3 Å². The van der Waals surface area contributed by atoms with Crippen LogP contribution in [0.25, 0.3) is 0 Å². The molecule has 0 aromatic heterocycles. The van der Waals surface area contributed by atoms with E-state index in [2.05, 4.69) is 10.1 Å². The van der Waals surface area contributed by atoms with E-state index in [0.29, 0.717) is 6.42 Å². The predicted octanol–water partition coefficient (Wildman–Crippen LogP) is 0.608. The van der Waals surface area contributed by atoms with Gasteiger partial charge in [-0.3, -0.25) is 4.55 Å². The summed E-state index contributed by atoms with van der Waals surface area (Å²) >= 11 is 0. The second-order valence-corrected chi connectivity index (χ2v) is 3.26. The fraction of sp³-hybridized carbons (Fsp3) is 0.667. The van der Waals surface area contributed by atoms with Gasteiger partial charge in [-0.05, 0) is 13.3 Å². The number of hydrogen-bond acceptors (Lipinski definition) is 3. The Bertz CT molecular complexity index is 261. The molecular formula is C6H10O4S. The van der Waals surface area contributed by atoms with Crippen molar-refractivity contribution in [1.29, 1.82) is 0 Å². The van der Waals surface area contributed by atoms with Crippen molar-refractivity contribution in [3.05, 3.63) is 0 Å². The van der Waals surface area contributed by atoms with Crippen LogP contribution in [0.3, 0.4) is 0 Å². The number of rotatable bonds is 3. The largest absolute Gasteiger partial charge is 0.398 e. The van der Waals surface area contributed by atoms with Gasteiger partial charge in [0.25, 0.3) is 0 Å². The summed E-state index contributed by atoms with van der Waals surface area (Å²) in [4.78, 5) is 0. The summed E-state index contributed by atoms with van der Waals surface area (Å²) in [5.41, 5.74) is -1.24. The lowest BCUT2D eigenvalue weighted by Gasteiger charge is -2.18. The van der Waals surface area contributed by atoms with Crippen LogP contribution in [0.2, 0.25) is 0 Å². The highest BCUT2D eigenvalue weighted by molar-refractivity contribution is 7.80. The zero-order chi connectivity index (χ0) is 9.12. The third kappa shape index (κ3) is 3.98. The normalized spacial score (nSPS) is 16.9. The van der Waals surface area contributed by atoms with Gasteiger partial charge in [0.1, 0.15) is 5.60 Å². The van der Waals surface area contributed by atoms with Crippen molar-refractivity contribution in [3.63, 3.8) is 0 Å². The minimum absolute atomic E-state index is 0.309. The average molecular weight is 178 g/mol. The molecule has 11 heavy (non-hydrogen) atoms. The lowest BCUT2D eigenvalue weighted by molar-refractivity contribution is 0.133. The van der Waals surface area contributed by atoms with Gasteiger partial charge in [0.05, 0.1) is 0 Å². The van der Waals surface area contributed by atoms with Crippen molar-refractivity contribution in [2.75, 3.05) is 0 Å². The van der Waals surface area contributed by atoms with E-state index in [-0.39, 0.29) is 0 Å². The van der Waals surface area contributed by atoms with Gasteiger partial charge in [0, 0.05) is 0 Å². The van der Waals surface area contributed by atoms with Gasteiger partial charge in [0.2, 0.25) is 0 Å². The van der Waals surface area contributed by atoms with Gasteiger partial charge in [-0.25, -0.2) is 4.18 Å². The summed E-state index contributed by atoms with van der Waals surface area (Å²) in [5, 5.41) is 0. The molecule has 0 spiro atoms. The van der Waals surface area contributed by atoms with E-state index in [1.807, 2.05) is 0 Å². The first-order valence-electron chi connectivity index (χ1n) is 2.99. The van der Waals surface area contributed by atoms with E-state index in [0.717, 1.165) is 0 Å². The molecule has 4 nitrogen and oxygen atoms in total. The fourth-order valence-electron chi connectivity index (χ4n) is 0.417. The third-order valence-electron chi connectivity index (χ3n) is 1.27. The number of hydrogen-bond donors (Lipinski definition) is 1. The summed E-state index contributed by atoms with van der Waals surface area (Å²) in [6.07, 6.45) is 5.28. The van der Waals surface area contributed by atoms with Crippen molar-refractivity contribution < 1.29 is 17.2 Å². The van der Waals surface area contributed by atoms with E-state index >= 15 is 0 Å². The molecule has 5 heteroatoms. The first-order chi connectivity index (χ1) is 4.83. The van der Waals surface area contributed by atoms with Crippen LogP contribution >= 0.6 is 0 Å². The SMILES string of the molecule is C#CC(C)(CC)OS(=O)(=O)O. The van der Waals surface area contributed by atoms with Crippen molar-refractivity contribution in [2.24, 2.45) is 0 Å². The van der Waals surface area contributed by atoms with Crippen LogP contribution in [0.15, 0.2) is 0 Å². The Kier molecular flexibility index (Phi) is 3.05. The van der Waals surface area contributed by atoms with Crippen LogP contribution in [0.5, 0.6) is 0 Å². The highest BCUT2D eigenvalue weighted by Crippen LogP contribution is 2.15. The van der Waals surface area contributed by atoms with Crippen LogP contribution in [0.4, 0.5) is 0 Å². The Morgan fingerprint density at radius 2 is 2.18 bits per heavy atom. The maximum atomic E-state index is 10.2. The molecule has 1 N–H and O–H groups in total. The molecule has 0 amide bonds. The molecule has 0 radical (unpaired) electrons. The molecule has 0 rings (SSSR count). The molecule has 1 unspecified atom stereocenters. The highest BCUT2D eigenvalue weighted by Gasteiger charge is 2.25. The molecular weight excluding hydrogens is 168 g/mol. The van der Waals surface area contributed by atoms with Crippen molar-refractivity contribution in [1.82, 2.24) is 0 Å². The van der Waals surface area contributed by atoms with E-state index in [4.69, 9.17) is 11.0 Å². The second-order valence-electron chi connectivity index (χ2n) is 2.24. The van der Waals surface area contributed by atoms with Crippen molar-refractivity contribution >= 4 is 10.4 Å². The van der Waals surface area contributed by atoms with Gasteiger partial charge in [-0.1, -0.05) is 12.8 Å². The summed E-state index contributed by atoms with van der Waals surface area (Å²) < 4.78 is 32.9. The maximum Gasteiger partial charge on any atom is 0.398 e. The van der Waals surface area contributed by atoms with E-state index in [1.165, 1.54) is 6.92 Å². The minimum Gasteiger partial charge on any atom is -0.263 e. The Morgan fingerprint density at radius 3 is 2.27 bits per heavy atom. The lowest BCUT2D eigenvalue weighted by atomic mass is 10.1. The van der Waals surface area contributed by atoms with Gasteiger partial charge in [-0.2, -0.15) is 8.42 Å². The molecule has 0 aromatic carbocycles. The molecule has 0 heterocycles. The monoisotopic (exact) mass is 178 g/mol. The standard InChI is InChI=1S/C6H10O4S/c1-4-6(3,5-2)10-11(7,8)9/h1H,5H2,2-3H3,(H,7,8,9). The van der Waals surface area contributed by atoms with Crippen LogP contribution in [-0.4, -0.2) is 18.6 Å². The minimum atomic E-state index is -4.45. The zero-order valence-electron chi connectivity index (χ0n) is 6.36. The van der Waals surface area contributed by atoms with E-state index in [1.54, 1.807) is 6.92 Å². The lowest BCUT2D eigenvalue weighted by Crippen LogP contribution is -2.28. The second kappa shape index (κ2) is 3.22. The Balaban J connectivity index is 4.49. The smallest absolute Gasteiger partial charge is 0.263 e. The van der Waals surface area contributed by atoms with Crippen LogP contribution in [-0.2, 0) is 14.6 Å².